The summed E-state index contributed by atoms with van der Waals surface area (Å²) in [5.41, 5.74) is 4.05. The minimum Gasteiger partial charge on any atom is -0.445 e. The van der Waals surface area contributed by atoms with Gasteiger partial charge in [-0.25, -0.2) is 4.79 Å². The largest absolute Gasteiger partial charge is 0.445 e. The average molecular weight is 559 g/mol. The van der Waals surface area contributed by atoms with Crippen molar-refractivity contribution in [1.82, 2.24) is 10.6 Å². The molecule has 0 aromatic heterocycles. The summed E-state index contributed by atoms with van der Waals surface area (Å²) in [6.45, 7) is 8.18. The number of rotatable bonds is 15. The number of ketones is 1. The minimum atomic E-state index is -0.829. The SMILES string of the molecule is CC(C)CC(NC(=O)C(CC(C)C)NC(=O)OCc1ccccc1)C(=O)COCc1ccc(-c2ccccc2)cc1. The molecule has 3 aromatic rings. The fraction of sp³-hybridized carbons (Fsp3) is 0.382. The number of alkyl carbamates (subject to hydrolysis) is 1. The molecule has 0 aliphatic rings. The van der Waals surface area contributed by atoms with Gasteiger partial charge < -0.3 is 20.1 Å². The Kier molecular flexibility index (Phi) is 12.6. The van der Waals surface area contributed by atoms with E-state index in [-0.39, 0.29) is 37.4 Å². The molecule has 3 rings (SSSR count). The Balaban J connectivity index is 1.54. The maximum atomic E-state index is 13.3. The maximum absolute atomic E-state index is 13.3. The molecule has 0 aliphatic heterocycles. The highest BCUT2D eigenvalue weighted by Crippen LogP contribution is 2.19. The lowest BCUT2D eigenvalue weighted by Gasteiger charge is -2.24. The maximum Gasteiger partial charge on any atom is 0.408 e. The van der Waals surface area contributed by atoms with Gasteiger partial charge in [0.2, 0.25) is 5.91 Å². The van der Waals surface area contributed by atoms with Crippen LogP contribution in [0.2, 0.25) is 0 Å². The normalized spacial score (nSPS) is 12.5. The molecule has 0 fully saturated rings. The minimum absolute atomic E-state index is 0.101. The summed E-state index contributed by atoms with van der Waals surface area (Å²) in [7, 11) is 0. The Morgan fingerprint density at radius 1 is 0.634 bits per heavy atom. The van der Waals surface area contributed by atoms with Crippen LogP contribution in [-0.4, -0.2) is 36.5 Å². The van der Waals surface area contributed by atoms with Gasteiger partial charge >= 0.3 is 6.09 Å². The second kappa shape index (κ2) is 16.3. The van der Waals surface area contributed by atoms with Crippen LogP contribution in [0.5, 0.6) is 0 Å². The number of hydrogen-bond acceptors (Lipinski definition) is 5. The molecule has 7 heteroatoms. The molecule has 2 N–H and O–H groups in total. The van der Waals surface area contributed by atoms with Gasteiger partial charge in [0.05, 0.1) is 12.6 Å². The van der Waals surface area contributed by atoms with E-state index in [0.717, 1.165) is 22.3 Å². The predicted molar refractivity (Wildman–Crippen MR) is 161 cm³/mol. The van der Waals surface area contributed by atoms with Gasteiger partial charge in [-0.05, 0) is 46.9 Å². The van der Waals surface area contributed by atoms with Crippen molar-refractivity contribution >= 4 is 17.8 Å². The molecule has 41 heavy (non-hydrogen) atoms. The van der Waals surface area contributed by atoms with E-state index in [4.69, 9.17) is 9.47 Å². The summed E-state index contributed by atoms with van der Waals surface area (Å²) in [6.07, 6.45) is 0.194. The second-order valence-electron chi connectivity index (χ2n) is 11.1. The van der Waals surface area contributed by atoms with E-state index in [1.165, 1.54) is 0 Å². The molecule has 0 saturated carbocycles. The molecule has 2 unspecified atom stereocenters. The lowest BCUT2D eigenvalue weighted by Crippen LogP contribution is -2.53. The zero-order valence-corrected chi connectivity index (χ0v) is 24.5. The molecule has 2 atom stereocenters. The Morgan fingerprint density at radius 3 is 1.78 bits per heavy atom. The molecule has 218 valence electrons. The van der Waals surface area contributed by atoms with Gasteiger partial charge in [-0.2, -0.15) is 0 Å². The molecule has 0 bridgehead atoms. The van der Waals surface area contributed by atoms with Gasteiger partial charge in [0.25, 0.3) is 0 Å². The van der Waals surface area contributed by atoms with Crippen LogP contribution in [0.1, 0.15) is 51.7 Å². The van der Waals surface area contributed by atoms with Crippen molar-refractivity contribution in [2.45, 2.75) is 65.8 Å². The number of benzene rings is 3. The number of amides is 2. The number of ether oxygens (including phenoxy) is 2. The Morgan fingerprint density at radius 2 is 1.17 bits per heavy atom. The van der Waals surface area contributed by atoms with Crippen LogP contribution in [0.25, 0.3) is 11.1 Å². The third-order valence-electron chi connectivity index (χ3n) is 6.51. The smallest absolute Gasteiger partial charge is 0.408 e. The van der Waals surface area contributed by atoms with Crippen LogP contribution in [0, 0.1) is 11.8 Å². The van der Waals surface area contributed by atoms with E-state index in [9.17, 15) is 14.4 Å². The summed E-state index contributed by atoms with van der Waals surface area (Å²) in [4.78, 5) is 38.9. The van der Waals surface area contributed by atoms with Gasteiger partial charge in [0, 0.05) is 0 Å². The topological polar surface area (TPSA) is 93.7 Å². The van der Waals surface area contributed by atoms with Gasteiger partial charge in [-0.15, -0.1) is 0 Å². The summed E-state index contributed by atoms with van der Waals surface area (Å²) in [5.74, 6) is -0.313. The molecule has 2 amide bonds. The molecular formula is C34H42N2O5. The highest BCUT2D eigenvalue weighted by atomic mass is 16.5. The molecular weight excluding hydrogens is 516 g/mol. The number of hydrogen-bond donors (Lipinski definition) is 2. The quantitative estimate of drug-likeness (QED) is 0.228. The van der Waals surface area contributed by atoms with E-state index in [2.05, 4.69) is 22.8 Å². The van der Waals surface area contributed by atoms with E-state index in [0.29, 0.717) is 12.8 Å². The predicted octanol–water partition coefficient (Wildman–Crippen LogP) is 6.31. The van der Waals surface area contributed by atoms with Crippen molar-refractivity contribution in [2.24, 2.45) is 11.8 Å². The lowest BCUT2D eigenvalue weighted by atomic mass is 9.98. The monoisotopic (exact) mass is 558 g/mol. The van der Waals surface area contributed by atoms with E-state index in [1.807, 2.05) is 100 Å². The highest BCUT2D eigenvalue weighted by molar-refractivity contribution is 5.92. The highest BCUT2D eigenvalue weighted by Gasteiger charge is 2.28. The zero-order valence-electron chi connectivity index (χ0n) is 24.5. The van der Waals surface area contributed by atoms with E-state index in [1.54, 1.807) is 0 Å². The van der Waals surface area contributed by atoms with Crippen molar-refractivity contribution in [1.29, 1.82) is 0 Å². The summed E-state index contributed by atoms with van der Waals surface area (Å²) < 4.78 is 11.1. The number of carbonyl (C=O) groups is 3. The molecule has 0 radical (unpaired) electrons. The van der Waals surface area contributed by atoms with Crippen molar-refractivity contribution in [3.8, 4) is 11.1 Å². The van der Waals surface area contributed by atoms with Crippen LogP contribution in [0.4, 0.5) is 4.79 Å². The van der Waals surface area contributed by atoms with Crippen LogP contribution < -0.4 is 10.6 Å². The van der Waals surface area contributed by atoms with Gasteiger partial charge in [-0.1, -0.05) is 113 Å². The van der Waals surface area contributed by atoms with E-state index >= 15 is 0 Å². The molecule has 0 spiro atoms. The molecule has 0 aliphatic carbocycles. The van der Waals surface area contributed by atoms with Crippen molar-refractivity contribution in [2.75, 3.05) is 6.61 Å². The van der Waals surface area contributed by atoms with Crippen LogP contribution in [-0.2, 0) is 32.3 Å². The summed E-state index contributed by atoms with van der Waals surface area (Å²) in [5, 5.41) is 5.55. The third kappa shape index (κ3) is 11.2. The Hall–Kier alpha value is -3.97. The first-order chi connectivity index (χ1) is 19.7. The van der Waals surface area contributed by atoms with Crippen LogP contribution >= 0.6 is 0 Å². The second-order valence-corrected chi connectivity index (χ2v) is 11.1. The fourth-order valence-electron chi connectivity index (χ4n) is 4.42. The van der Waals surface area contributed by atoms with Crippen LogP contribution in [0.15, 0.2) is 84.9 Å². The zero-order chi connectivity index (χ0) is 29.6. The first kappa shape index (κ1) is 31.6. The Bertz CT molecular complexity index is 1230. The molecule has 0 heterocycles. The van der Waals surface area contributed by atoms with Gasteiger partial charge in [-0.3, -0.25) is 9.59 Å². The van der Waals surface area contributed by atoms with Crippen LogP contribution in [0.3, 0.4) is 0 Å². The van der Waals surface area contributed by atoms with Gasteiger partial charge in [0.15, 0.2) is 5.78 Å². The molecule has 3 aromatic carbocycles. The van der Waals surface area contributed by atoms with Crippen molar-refractivity contribution in [3.63, 3.8) is 0 Å². The van der Waals surface area contributed by atoms with Crippen molar-refractivity contribution < 1.29 is 23.9 Å². The first-order valence-electron chi connectivity index (χ1n) is 14.2. The Labute approximate surface area is 243 Å². The average Bonchev–Trinajstić information content (AvgIpc) is 2.96. The fourth-order valence-corrected chi connectivity index (χ4v) is 4.42. The summed E-state index contributed by atoms with van der Waals surface area (Å²) in [6, 6.07) is 25.9. The number of Topliss-reactive ketones (excluding diaryl/α,β-unsaturated/α-hetero) is 1. The van der Waals surface area contributed by atoms with Crippen molar-refractivity contribution in [3.05, 3.63) is 96.1 Å². The van der Waals surface area contributed by atoms with E-state index < -0.39 is 24.1 Å². The number of nitrogens with one attached hydrogen (secondary N) is 2. The molecule has 7 nitrogen and oxygen atoms in total. The first-order valence-corrected chi connectivity index (χ1v) is 14.2. The molecule has 0 saturated heterocycles. The third-order valence-corrected chi connectivity index (χ3v) is 6.51. The number of carbonyl (C=O) groups excluding carboxylic acids is 3. The standard InChI is InChI=1S/C34H42N2O5/c1-24(2)19-30(32(37)23-40-21-27-15-17-29(18-16-27)28-13-9-6-10-14-28)35-33(38)31(20-25(3)4)36-34(39)41-22-26-11-7-5-8-12-26/h5-18,24-25,30-31H,19-23H2,1-4H3,(H,35,38)(H,36,39). The van der Waals surface area contributed by atoms with Gasteiger partial charge in [0.1, 0.15) is 19.3 Å². The lowest BCUT2D eigenvalue weighted by molar-refractivity contribution is -0.132. The summed E-state index contributed by atoms with van der Waals surface area (Å²) >= 11 is 0.